The quantitative estimate of drug-likeness (QED) is 0.647. The summed E-state index contributed by atoms with van der Waals surface area (Å²) in [6.07, 6.45) is -2.63. The number of Topliss-reactive ketones (excluding diaryl/α,β-unsaturated/α-hetero) is 1. The number of hydrogen-bond acceptors (Lipinski definition) is 6. The molecule has 6 nitrogen and oxygen atoms in total. The van der Waals surface area contributed by atoms with E-state index in [4.69, 9.17) is 9.47 Å². The zero-order valence-corrected chi connectivity index (χ0v) is 9.13. The predicted octanol–water partition coefficient (Wildman–Crippen LogP) is -0.426. The smallest absolute Gasteiger partial charge is 0.303 e. The van der Waals surface area contributed by atoms with Crippen molar-refractivity contribution in [3.05, 3.63) is 0 Å². The van der Waals surface area contributed by atoms with Gasteiger partial charge in [-0.2, -0.15) is 0 Å². The third-order valence-corrected chi connectivity index (χ3v) is 2.30. The largest absolute Gasteiger partial charge is 0.459 e. The number of ether oxygens (including phenoxy) is 2. The minimum atomic E-state index is -1.41. The molecule has 0 aliphatic heterocycles. The second-order valence-corrected chi connectivity index (χ2v) is 3.67. The first-order valence-corrected chi connectivity index (χ1v) is 4.98. The molecule has 6 heteroatoms. The molecule has 0 amide bonds. The molecular formula is C10H14O6. The normalized spacial score (nSPS) is 29.7. The van der Waals surface area contributed by atoms with Gasteiger partial charge in [0.2, 0.25) is 5.78 Å². The number of esters is 2. The first kappa shape index (κ1) is 12.6. The molecule has 1 saturated carbocycles. The Morgan fingerprint density at radius 2 is 1.75 bits per heavy atom. The summed E-state index contributed by atoms with van der Waals surface area (Å²) in [6, 6.07) is 0. The summed E-state index contributed by atoms with van der Waals surface area (Å²) < 4.78 is 9.52. The van der Waals surface area contributed by atoms with E-state index in [1.807, 2.05) is 0 Å². The van der Waals surface area contributed by atoms with Crippen molar-refractivity contribution in [2.24, 2.45) is 0 Å². The van der Waals surface area contributed by atoms with Crippen LogP contribution in [0.1, 0.15) is 26.7 Å². The summed E-state index contributed by atoms with van der Waals surface area (Å²) in [6.45, 7) is 2.40. The SMILES string of the molecule is CC(=O)O[C@@H]1CC[C@@H](OC(C)=O)[C@H](O)C1=O. The van der Waals surface area contributed by atoms with Crippen LogP contribution in [0.3, 0.4) is 0 Å². The average Bonchev–Trinajstić information content (AvgIpc) is 2.16. The van der Waals surface area contributed by atoms with Gasteiger partial charge in [0, 0.05) is 13.8 Å². The molecule has 0 aromatic rings. The lowest BCUT2D eigenvalue weighted by Crippen LogP contribution is -2.48. The van der Waals surface area contributed by atoms with Crippen LogP contribution < -0.4 is 0 Å². The molecule has 3 atom stereocenters. The van der Waals surface area contributed by atoms with Gasteiger partial charge in [-0.25, -0.2) is 0 Å². The Hall–Kier alpha value is -1.43. The van der Waals surface area contributed by atoms with Crippen molar-refractivity contribution in [1.29, 1.82) is 0 Å². The fraction of sp³-hybridized carbons (Fsp3) is 0.700. The summed E-state index contributed by atoms with van der Waals surface area (Å²) in [5.74, 6) is -1.74. The molecule has 0 heterocycles. The van der Waals surface area contributed by atoms with Gasteiger partial charge in [0.25, 0.3) is 0 Å². The summed E-state index contributed by atoms with van der Waals surface area (Å²) in [4.78, 5) is 32.9. The van der Waals surface area contributed by atoms with Crippen molar-refractivity contribution in [3.63, 3.8) is 0 Å². The molecule has 0 unspecified atom stereocenters. The van der Waals surface area contributed by atoms with Crippen molar-refractivity contribution in [3.8, 4) is 0 Å². The van der Waals surface area contributed by atoms with E-state index in [1.165, 1.54) is 13.8 Å². The lowest BCUT2D eigenvalue weighted by molar-refractivity contribution is -0.172. The van der Waals surface area contributed by atoms with Crippen LogP contribution in [0.4, 0.5) is 0 Å². The van der Waals surface area contributed by atoms with Crippen molar-refractivity contribution in [2.75, 3.05) is 0 Å². The molecule has 1 N–H and O–H groups in total. The Labute approximate surface area is 92.5 Å². The van der Waals surface area contributed by atoms with Gasteiger partial charge in [-0.3, -0.25) is 14.4 Å². The van der Waals surface area contributed by atoms with Crippen LogP contribution >= 0.6 is 0 Å². The monoisotopic (exact) mass is 230 g/mol. The number of carbonyl (C=O) groups excluding carboxylic acids is 3. The van der Waals surface area contributed by atoms with Gasteiger partial charge in [-0.1, -0.05) is 0 Å². The summed E-state index contributed by atoms with van der Waals surface area (Å²) in [5, 5.41) is 9.55. The summed E-state index contributed by atoms with van der Waals surface area (Å²) in [7, 11) is 0. The van der Waals surface area contributed by atoms with Crippen LogP contribution in [0.15, 0.2) is 0 Å². The van der Waals surface area contributed by atoms with E-state index in [2.05, 4.69) is 0 Å². The summed E-state index contributed by atoms with van der Waals surface area (Å²) >= 11 is 0. The Bertz CT molecular complexity index is 310. The number of carbonyl (C=O) groups is 3. The van der Waals surface area contributed by atoms with E-state index in [0.717, 1.165) is 0 Å². The van der Waals surface area contributed by atoms with Crippen LogP contribution in [-0.2, 0) is 23.9 Å². The molecule has 0 saturated heterocycles. The maximum atomic E-state index is 11.5. The standard InChI is InChI=1S/C10H14O6/c1-5(11)15-7-3-4-8(16-6(2)12)10(14)9(7)13/h7-9,13H,3-4H2,1-2H3/t7-,8-,9+/m1/s1. The molecule has 90 valence electrons. The topological polar surface area (TPSA) is 89.9 Å². The highest BCUT2D eigenvalue weighted by atomic mass is 16.6. The minimum Gasteiger partial charge on any atom is -0.459 e. The molecule has 0 radical (unpaired) electrons. The van der Waals surface area contributed by atoms with Crippen molar-refractivity contribution in [1.82, 2.24) is 0 Å². The third-order valence-electron chi connectivity index (χ3n) is 2.30. The van der Waals surface area contributed by atoms with Crippen LogP contribution in [0, 0.1) is 0 Å². The second-order valence-electron chi connectivity index (χ2n) is 3.67. The first-order valence-electron chi connectivity index (χ1n) is 4.98. The number of aliphatic hydroxyl groups is 1. The lowest BCUT2D eigenvalue weighted by atomic mass is 9.91. The third kappa shape index (κ3) is 3.03. The fourth-order valence-corrected chi connectivity index (χ4v) is 1.64. The van der Waals surface area contributed by atoms with E-state index >= 15 is 0 Å². The van der Waals surface area contributed by atoms with Gasteiger partial charge in [-0.15, -0.1) is 0 Å². The highest BCUT2D eigenvalue weighted by Crippen LogP contribution is 2.21. The van der Waals surface area contributed by atoms with Gasteiger partial charge in [0.1, 0.15) is 6.10 Å². The fourth-order valence-electron chi connectivity index (χ4n) is 1.64. The molecule has 0 aromatic carbocycles. The van der Waals surface area contributed by atoms with Gasteiger partial charge in [0.05, 0.1) is 0 Å². The van der Waals surface area contributed by atoms with Gasteiger partial charge in [0.15, 0.2) is 12.2 Å². The number of ketones is 1. The highest BCUT2D eigenvalue weighted by molar-refractivity contribution is 5.90. The number of rotatable bonds is 2. The molecule has 1 aliphatic rings. The van der Waals surface area contributed by atoms with Crippen LogP contribution in [0.2, 0.25) is 0 Å². The molecule has 0 aromatic heterocycles. The molecule has 0 spiro atoms. The van der Waals surface area contributed by atoms with Gasteiger partial charge in [-0.05, 0) is 12.8 Å². The van der Waals surface area contributed by atoms with Crippen molar-refractivity contribution in [2.45, 2.75) is 45.0 Å². The molecule has 1 aliphatic carbocycles. The predicted molar refractivity (Wildman–Crippen MR) is 51.4 cm³/mol. The average molecular weight is 230 g/mol. The molecular weight excluding hydrogens is 216 g/mol. The minimum absolute atomic E-state index is 0.257. The molecule has 1 rings (SSSR count). The molecule has 1 fully saturated rings. The lowest BCUT2D eigenvalue weighted by Gasteiger charge is -2.30. The zero-order chi connectivity index (χ0) is 12.3. The maximum absolute atomic E-state index is 11.5. The van der Waals surface area contributed by atoms with E-state index in [9.17, 15) is 19.5 Å². The van der Waals surface area contributed by atoms with E-state index in [0.29, 0.717) is 6.42 Å². The number of aliphatic hydroxyl groups excluding tert-OH is 1. The van der Waals surface area contributed by atoms with E-state index in [-0.39, 0.29) is 6.42 Å². The van der Waals surface area contributed by atoms with Crippen molar-refractivity contribution >= 4 is 17.7 Å². The number of hydrogen-bond donors (Lipinski definition) is 1. The van der Waals surface area contributed by atoms with Gasteiger partial charge < -0.3 is 14.6 Å². The van der Waals surface area contributed by atoms with Gasteiger partial charge >= 0.3 is 11.9 Å². The maximum Gasteiger partial charge on any atom is 0.303 e. The van der Waals surface area contributed by atoms with Crippen LogP contribution in [-0.4, -0.2) is 41.1 Å². The van der Waals surface area contributed by atoms with E-state index < -0.39 is 36.0 Å². The first-order chi connectivity index (χ1) is 7.41. The second kappa shape index (κ2) is 5.07. The van der Waals surface area contributed by atoms with E-state index in [1.54, 1.807) is 0 Å². The Kier molecular flexibility index (Phi) is 4.00. The van der Waals surface area contributed by atoms with Crippen molar-refractivity contribution < 1.29 is 29.0 Å². The van der Waals surface area contributed by atoms with Crippen LogP contribution in [0.25, 0.3) is 0 Å². The highest BCUT2D eigenvalue weighted by Gasteiger charge is 2.40. The zero-order valence-electron chi connectivity index (χ0n) is 9.13. The molecule has 0 bridgehead atoms. The Balaban J connectivity index is 2.61. The molecule has 16 heavy (non-hydrogen) atoms. The Morgan fingerprint density at radius 1 is 1.19 bits per heavy atom. The summed E-state index contributed by atoms with van der Waals surface area (Å²) in [5.41, 5.74) is 0. The van der Waals surface area contributed by atoms with Crippen LogP contribution in [0.5, 0.6) is 0 Å². The Morgan fingerprint density at radius 3 is 2.25 bits per heavy atom.